The number of amides is 1. The molecule has 1 amide bonds. The number of hydrogen-bond donors (Lipinski definition) is 1. The van der Waals surface area contributed by atoms with Gasteiger partial charge >= 0.3 is 5.97 Å². The first-order valence-corrected chi connectivity index (χ1v) is 9.72. The van der Waals surface area contributed by atoms with Crippen LogP contribution >= 0.6 is 0 Å². The first-order chi connectivity index (χ1) is 12.7. The molecule has 146 valence electrons. The second-order valence-electron chi connectivity index (χ2n) is 6.32. The molecule has 2 rings (SSSR count). The van der Waals surface area contributed by atoms with Gasteiger partial charge in [-0.3, -0.25) is 9.59 Å². The number of benzene rings is 1. The van der Waals surface area contributed by atoms with Crippen LogP contribution < -0.4 is 5.32 Å². The maximum Gasteiger partial charge on any atom is 0.321 e. The van der Waals surface area contributed by atoms with Gasteiger partial charge in [0.15, 0.2) is 6.61 Å². The number of esters is 1. The second kappa shape index (κ2) is 8.45. The molecule has 1 aromatic carbocycles. The number of nitrogens with zero attached hydrogens (tertiary/aromatic N) is 2. The molecule has 8 nitrogen and oxygen atoms in total. The Kier molecular flexibility index (Phi) is 6.51. The Labute approximate surface area is 157 Å². The van der Waals surface area contributed by atoms with Crippen LogP contribution in [0.25, 0.3) is 0 Å². The Hall–Kier alpha value is -2.51. The molecule has 1 fully saturated rings. The lowest BCUT2D eigenvalue weighted by Crippen LogP contribution is -2.47. The van der Waals surface area contributed by atoms with Crippen molar-refractivity contribution in [1.29, 1.82) is 5.26 Å². The summed E-state index contributed by atoms with van der Waals surface area (Å²) in [7, 11) is -2.83. The molecule has 0 saturated heterocycles. The van der Waals surface area contributed by atoms with Crippen LogP contribution in [0, 0.1) is 17.1 Å². The van der Waals surface area contributed by atoms with E-state index in [4.69, 9.17) is 4.74 Å². The molecule has 1 aliphatic rings. The summed E-state index contributed by atoms with van der Waals surface area (Å²) in [6, 6.07) is 6.25. The Balaban J connectivity index is 1.86. The monoisotopic (exact) mass is 397 g/mol. The Bertz CT molecular complexity index is 842. The van der Waals surface area contributed by atoms with Crippen LogP contribution in [0.4, 0.5) is 4.39 Å². The summed E-state index contributed by atoms with van der Waals surface area (Å²) in [6.45, 7) is -1.22. The fourth-order valence-electron chi connectivity index (χ4n) is 2.79. The van der Waals surface area contributed by atoms with Crippen molar-refractivity contribution in [2.75, 3.05) is 20.2 Å². The summed E-state index contributed by atoms with van der Waals surface area (Å²) >= 11 is 0. The van der Waals surface area contributed by atoms with Gasteiger partial charge in [-0.05, 0) is 49.9 Å². The van der Waals surface area contributed by atoms with Crippen LogP contribution in [0.15, 0.2) is 29.2 Å². The third-order valence-corrected chi connectivity index (χ3v) is 6.11. The van der Waals surface area contributed by atoms with Crippen LogP contribution in [0.3, 0.4) is 0 Å². The highest BCUT2D eigenvalue weighted by Crippen LogP contribution is 2.28. The summed E-state index contributed by atoms with van der Waals surface area (Å²) in [4.78, 5) is 23.6. The van der Waals surface area contributed by atoms with Crippen LogP contribution in [0.5, 0.6) is 0 Å². The number of rotatable bonds is 7. The number of halogens is 1. The number of nitrogens with one attached hydrogen (secondary N) is 1. The molecule has 1 aliphatic carbocycles. The molecule has 0 spiro atoms. The van der Waals surface area contributed by atoms with Gasteiger partial charge in [0.2, 0.25) is 10.0 Å². The molecule has 0 aromatic heterocycles. The van der Waals surface area contributed by atoms with Crippen LogP contribution in [0.2, 0.25) is 0 Å². The van der Waals surface area contributed by atoms with E-state index in [1.807, 2.05) is 0 Å². The summed E-state index contributed by atoms with van der Waals surface area (Å²) in [5, 5.41) is 11.8. The van der Waals surface area contributed by atoms with E-state index in [1.165, 1.54) is 7.05 Å². The number of carbonyl (C=O) groups is 2. The molecule has 27 heavy (non-hydrogen) atoms. The fraction of sp³-hybridized carbons (Fsp3) is 0.471. The van der Waals surface area contributed by atoms with Gasteiger partial charge in [-0.15, -0.1) is 0 Å². The van der Waals surface area contributed by atoms with E-state index in [2.05, 4.69) is 11.4 Å². The maximum atomic E-state index is 12.9. The molecule has 1 saturated carbocycles. The first kappa shape index (κ1) is 20.8. The lowest BCUT2D eigenvalue weighted by Gasteiger charge is -2.22. The van der Waals surface area contributed by atoms with Crippen molar-refractivity contribution in [3.8, 4) is 6.07 Å². The van der Waals surface area contributed by atoms with Crippen LogP contribution in [0.1, 0.15) is 25.7 Å². The summed E-state index contributed by atoms with van der Waals surface area (Å²) in [5.41, 5.74) is -0.924. The number of ether oxygens (including phenoxy) is 1. The summed E-state index contributed by atoms with van der Waals surface area (Å²) in [5.74, 6) is -2.12. The Morgan fingerprint density at radius 2 is 1.89 bits per heavy atom. The highest BCUT2D eigenvalue weighted by Gasteiger charge is 2.35. The third-order valence-electron chi connectivity index (χ3n) is 4.29. The van der Waals surface area contributed by atoms with E-state index < -0.39 is 46.4 Å². The fourth-order valence-corrected chi connectivity index (χ4v) is 3.91. The Morgan fingerprint density at radius 1 is 1.30 bits per heavy atom. The van der Waals surface area contributed by atoms with Crippen molar-refractivity contribution in [3.63, 3.8) is 0 Å². The van der Waals surface area contributed by atoms with Crippen molar-refractivity contribution in [3.05, 3.63) is 30.1 Å². The van der Waals surface area contributed by atoms with Gasteiger partial charge in [0, 0.05) is 7.05 Å². The summed E-state index contributed by atoms with van der Waals surface area (Å²) < 4.78 is 43.1. The van der Waals surface area contributed by atoms with E-state index >= 15 is 0 Å². The van der Waals surface area contributed by atoms with Crippen molar-refractivity contribution in [2.24, 2.45) is 0 Å². The lowest BCUT2D eigenvalue weighted by atomic mass is 10.00. The largest absolute Gasteiger partial charge is 0.455 e. The second-order valence-corrected chi connectivity index (χ2v) is 8.37. The van der Waals surface area contributed by atoms with Gasteiger partial charge in [-0.25, -0.2) is 12.8 Å². The van der Waals surface area contributed by atoms with Crippen molar-refractivity contribution in [1.82, 2.24) is 9.62 Å². The minimum Gasteiger partial charge on any atom is -0.455 e. The van der Waals surface area contributed by atoms with E-state index in [0.717, 1.165) is 41.4 Å². The van der Waals surface area contributed by atoms with Crippen LogP contribution in [-0.2, 0) is 24.3 Å². The van der Waals surface area contributed by atoms with E-state index in [9.17, 15) is 27.7 Å². The average molecular weight is 397 g/mol. The standard InChI is InChI=1S/C17H20FN3O5S/c1-21(27(24,25)14-6-4-13(18)5-7-14)10-16(23)26-11-15(22)20-17(12-19)8-2-3-9-17/h4-7H,2-3,8-11H2,1H3,(H,20,22). The van der Waals surface area contributed by atoms with Gasteiger partial charge in [-0.1, -0.05) is 0 Å². The van der Waals surface area contributed by atoms with Crippen molar-refractivity contribution >= 4 is 21.9 Å². The molecule has 0 heterocycles. The highest BCUT2D eigenvalue weighted by atomic mass is 32.2. The highest BCUT2D eigenvalue weighted by molar-refractivity contribution is 7.89. The number of sulfonamides is 1. The Morgan fingerprint density at radius 3 is 2.44 bits per heavy atom. The van der Waals surface area contributed by atoms with E-state index in [-0.39, 0.29) is 4.90 Å². The lowest BCUT2D eigenvalue weighted by molar-refractivity contribution is -0.148. The minimum atomic E-state index is -4.00. The smallest absolute Gasteiger partial charge is 0.321 e. The molecular formula is C17H20FN3O5S. The predicted octanol–water partition coefficient (Wildman–Crippen LogP) is 0.942. The molecule has 0 unspecified atom stereocenters. The summed E-state index contributed by atoms with van der Waals surface area (Å²) in [6.07, 6.45) is 2.75. The normalized spacial score (nSPS) is 15.9. The number of hydrogen-bond acceptors (Lipinski definition) is 6. The zero-order valence-corrected chi connectivity index (χ0v) is 15.6. The van der Waals surface area contributed by atoms with Gasteiger partial charge in [-0.2, -0.15) is 9.57 Å². The molecule has 1 N–H and O–H groups in total. The predicted molar refractivity (Wildman–Crippen MR) is 92.1 cm³/mol. The topological polar surface area (TPSA) is 117 Å². The van der Waals surface area contributed by atoms with E-state index in [0.29, 0.717) is 12.8 Å². The van der Waals surface area contributed by atoms with Gasteiger partial charge < -0.3 is 10.1 Å². The van der Waals surface area contributed by atoms with Gasteiger partial charge in [0.05, 0.1) is 11.0 Å². The molecule has 10 heteroatoms. The van der Waals surface area contributed by atoms with E-state index in [1.54, 1.807) is 0 Å². The first-order valence-electron chi connectivity index (χ1n) is 8.28. The number of nitriles is 1. The number of carbonyl (C=O) groups excluding carboxylic acids is 2. The van der Waals surface area contributed by atoms with Gasteiger partial charge in [0.1, 0.15) is 17.9 Å². The quantitative estimate of drug-likeness (QED) is 0.685. The number of likely N-dealkylation sites (N-methyl/N-ethyl adjacent to an activating group) is 1. The van der Waals surface area contributed by atoms with Crippen molar-refractivity contribution < 1.29 is 27.1 Å². The average Bonchev–Trinajstić information content (AvgIpc) is 3.09. The van der Waals surface area contributed by atoms with Crippen LogP contribution in [-0.4, -0.2) is 50.3 Å². The van der Waals surface area contributed by atoms with Crippen molar-refractivity contribution in [2.45, 2.75) is 36.1 Å². The maximum absolute atomic E-state index is 12.9. The molecule has 0 radical (unpaired) electrons. The zero-order valence-electron chi connectivity index (χ0n) is 14.8. The van der Waals surface area contributed by atoms with Gasteiger partial charge in [0.25, 0.3) is 5.91 Å². The zero-order chi connectivity index (χ0) is 20.1. The molecular weight excluding hydrogens is 377 g/mol. The SMILES string of the molecule is CN(CC(=O)OCC(=O)NC1(C#N)CCCC1)S(=O)(=O)c1ccc(F)cc1. The molecule has 0 atom stereocenters. The molecule has 0 bridgehead atoms. The molecule has 0 aliphatic heterocycles. The minimum absolute atomic E-state index is 0.172. The third kappa shape index (κ3) is 5.24. The molecule has 1 aromatic rings.